The molecule has 10 heteroatoms. The molecule has 0 aromatic carbocycles. The third kappa shape index (κ3) is 81.6. The van der Waals surface area contributed by atoms with Crippen molar-refractivity contribution in [1.29, 1.82) is 0 Å². The normalized spacial score (nSPS) is 13.6. The molecule has 0 aliphatic rings. The summed E-state index contributed by atoms with van der Waals surface area (Å²) in [4.78, 5) is 38.2. The van der Waals surface area contributed by atoms with Crippen molar-refractivity contribution in [2.75, 3.05) is 47.5 Å². The van der Waals surface area contributed by atoms with E-state index in [9.17, 15) is 19.0 Å². The van der Waals surface area contributed by atoms with Gasteiger partial charge in [-0.15, -0.1) is 0 Å². The first-order chi connectivity index (χ1) is 48.0. The highest BCUT2D eigenvalue weighted by atomic mass is 31.2. The Kier molecular flexibility index (Phi) is 75.2. The molecule has 0 rings (SSSR count). The maximum Gasteiger partial charge on any atom is 0.306 e. The van der Waals surface area contributed by atoms with Gasteiger partial charge in [0, 0.05) is 12.8 Å². The molecule has 0 saturated heterocycles. The molecule has 0 spiro atoms. The van der Waals surface area contributed by atoms with Crippen LogP contribution in [0, 0.1) is 0 Å². The molecule has 0 heterocycles. The lowest BCUT2D eigenvalue weighted by atomic mass is 10.0. The molecule has 0 N–H and O–H groups in total. The monoisotopic (exact) mass is 1390 g/mol. The number of hydrogen-bond donors (Lipinski definition) is 0. The largest absolute Gasteiger partial charge is 0.756 e. The Labute approximate surface area is 607 Å². The predicted octanol–water partition coefficient (Wildman–Crippen LogP) is 27.3. The topological polar surface area (TPSA) is 111 Å². The van der Waals surface area contributed by atoms with Crippen LogP contribution in [-0.4, -0.2) is 70.0 Å². The number of quaternary nitrogens is 1. The highest BCUT2D eigenvalue weighted by Gasteiger charge is 2.22. The molecule has 0 aliphatic heterocycles. The average Bonchev–Trinajstić information content (AvgIpc) is 1.08. The highest BCUT2D eigenvalue weighted by Crippen LogP contribution is 2.38. The fourth-order valence-corrected chi connectivity index (χ4v) is 12.7. The first kappa shape index (κ1) is 94.7. The lowest BCUT2D eigenvalue weighted by molar-refractivity contribution is -0.870. The number of likely N-dealkylation sites (N-methyl/N-ethyl adjacent to an activating group) is 1. The van der Waals surface area contributed by atoms with Crippen LogP contribution in [0.1, 0.15) is 386 Å². The number of ether oxygens (including phenoxy) is 2. The molecule has 0 aromatic rings. The van der Waals surface area contributed by atoms with Crippen molar-refractivity contribution in [3.63, 3.8) is 0 Å². The zero-order chi connectivity index (χ0) is 71.1. The fourth-order valence-electron chi connectivity index (χ4n) is 12.0. The number of esters is 2. The minimum absolute atomic E-state index is 0.0365. The number of unbranched alkanes of at least 4 members (excludes halogenated alkanes) is 45. The third-order valence-electron chi connectivity index (χ3n) is 18.3. The molecular formula is C88H158NO8P. The number of allylic oxidation sites excluding steroid dienone is 18. The van der Waals surface area contributed by atoms with Crippen LogP contribution in [0.25, 0.3) is 0 Å². The van der Waals surface area contributed by atoms with Gasteiger partial charge in [-0.05, 0) is 83.5 Å². The Balaban J connectivity index is 3.97. The fraction of sp³-hybridized carbons (Fsp3) is 0.773. The van der Waals surface area contributed by atoms with Crippen LogP contribution in [0.2, 0.25) is 0 Å². The second-order valence-corrected chi connectivity index (χ2v) is 30.5. The van der Waals surface area contributed by atoms with E-state index in [0.29, 0.717) is 17.4 Å². The molecule has 2 unspecified atom stereocenters. The van der Waals surface area contributed by atoms with E-state index >= 15 is 0 Å². The van der Waals surface area contributed by atoms with Crippen molar-refractivity contribution in [1.82, 2.24) is 0 Å². The SMILES string of the molecule is CC/C=C\C/C=C\C/C=C\C/C=C\C/C=C\C/C=C\C/C=C\C/C=C\C/C=C\CCCCCCCCCC(=O)OC(COC(=O)CCCCCCCCCCCCCCCCCCCCCCCCCCCCCCCCCCCCCCCCC)COP(=O)([O-])OCC[N+](C)(C)C. The summed E-state index contributed by atoms with van der Waals surface area (Å²) in [6.45, 7) is 4.16. The Hall–Kier alpha value is -3.33. The standard InChI is InChI=1S/C88H158NO8P/c1-6-8-10-12-14-16-18-20-22-24-26-28-30-32-34-36-38-40-42-43-44-45-47-48-50-52-54-56-58-60-62-64-66-68-70-72-74-76-78-80-87(90)94-84-86(85-96-98(92,93)95-83-82-89(3,4)5)97-88(91)81-79-77-75-73-71-69-67-65-63-61-59-57-55-53-51-49-46-41-39-37-35-33-31-29-27-25-23-21-19-17-15-13-11-9-7-2/h9,11,15,17,21,23,27,29,33,35,39,41,49,51,55,57,61,63,86H,6-8,10,12-14,16,18-20,22,24-26,28,30-32,34,36-38,40,42-48,50,52-54,56,58-60,62,64-85H2,1-5H3/b11-9-,17-15-,23-21-,29-27-,35-33-,41-39-,51-49-,57-55-,63-61-. The van der Waals surface area contributed by atoms with Crippen LogP contribution < -0.4 is 4.89 Å². The lowest BCUT2D eigenvalue weighted by Gasteiger charge is -2.28. The number of nitrogens with zero attached hydrogens (tertiary/aromatic N) is 1. The number of carbonyl (C=O) groups excluding carboxylic acids is 2. The van der Waals surface area contributed by atoms with Gasteiger partial charge in [0.1, 0.15) is 19.8 Å². The van der Waals surface area contributed by atoms with E-state index in [-0.39, 0.29) is 32.0 Å². The number of phosphoric ester groups is 1. The summed E-state index contributed by atoms with van der Waals surface area (Å²) in [5, 5.41) is 0. The van der Waals surface area contributed by atoms with E-state index in [2.05, 4.69) is 123 Å². The molecule has 98 heavy (non-hydrogen) atoms. The summed E-state index contributed by atoms with van der Waals surface area (Å²) < 4.78 is 34.4. The van der Waals surface area contributed by atoms with Gasteiger partial charge in [0.2, 0.25) is 0 Å². The highest BCUT2D eigenvalue weighted by molar-refractivity contribution is 7.45. The molecule has 568 valence electrons. The number of phosphoric acid groups is 1. The molecule has 0 fully saturated rings. The second kappa shape index (κ2) is 77.8. The summed E-state index contributed by atoms with van der Waals surface area (Å²) >= 11 is 0. The van der Waals surface area contributed by atoms with E-state index < -0.39 is 26.5 Å². The molecule has 9 nitrogen and oxygen atoms in total. The van der Waals surface area contributed by atoms with E-state index in [4.69, 9.17) is 18.5 Å². The molecule has 0 aromatic heterocycles. The van der Waals surface area contributed by atoms with Crippen molar-refractivity contribution in [2.45, 2.75) is 392 Å². The minimum atomic E-state index is -4.66. The van der Waals surface area contributed by atoms with Crippen molar-refractivity contribution >= 4 is 19.8 Å². The number of hydrogen-bond acceptors (Lipinski definition) is 8. The summed E-state index contributed by atoms with van der Waals surface area (Å²) in [6, 6.07) is 0. The average molecular weight is 1390 g/mol. The van der Waals surface area contributed by atoms with Crippen molar-refractivity contribution < 1.29 is 42.1 Å². The molecule has 2 atom stereocenters. The molecule has 0 aliphatic carbocycles. The van der Waals surface area contributed by atoms with Gasteiger partial charge in [-0.25, -0.2) is 0 Å². The summed E-state index contributed by atoms with van der Waals surface area (Å²) in [5.74, 6) is -0.836. The van der Waals surface area contributed by atoms with Crippen LogP contribution in [0.5, 0.6) is 0 Å². The van der Waals surface area contributed by atoms with Crippen LogP contribution >= 0.6 is 7.82 Å². The van der Waals surface area contributed by atoms with Gasteiger partial charge < -0.3 is 27.9 Å². The maximum atomic E-state index is 12.9. The van der Waals surface area contributed by atoms with Gasteiger partial charge in [0.05, 0.1) is 27.7 Å². The van der Waals surface area contributed by atoms with Crippen molar-refractivity contribution in [3.8, 4) is 0 Å². The first-order valence-corrected chi connectivity index (χ1v) is 43.1. The zero-order valence-electron chi connectivity index (χ0n) is 65.0. The Morgan fingerprint density at radius 1 is 0.327 bits per heavy atom. The predicted molar refractivity (Wildman–Crippen MR) is 425 cm³/mol. The van der Waals surface area contributed by atoms with Gasteiger partial charge in [-0.2, -0.15) is 0 Å². The summed E-state index contributed by atoms with van der Waals surface area (Å²) in [6.07, 6.45) is 111. The van der Waals surface area contributed by atoms with E-state index in [1.807, 2.05) is 21.1 Å². The van der Waals surface area contributed by atoms with Gasteiger partial charge in [0.25, 0.3) is 7.82 Å². The van der Waals surface area contributed by atoms with Gasteiger partial charge >= 0.3 is 11.9 Å². The van der Waals surface area contributed by atoms with Crippen molar-refractivity contribution in [2.24, 2.45) is 0 Å². The molecule has 0 saturated carbocycles. The maximum absolute atomic E-state index is 12.9. The van der Waals surface area contributed by atoms with E-state index in [1.165, 1.54) is 250 Å². The van der Waals surface area contributed by atoms with Crippen LogP contribution in [0.4, 0.5) is 0 Å². The quantitative estimate of drug-likeness (QED) is 0.0195. The van der Waals surface area contributed by atoms with Gasteiger partial charge in [0.15, 0.2) is 6.10 Å². The van der Waals surface area contributed by atoms with E-state index in [1.54, 1.807) is 0 Å². The number of rotatable bonds is 77. The third-order valence-corrected chi connectivity index (χ3v) is 19.3. The first-order valence-electron chi connectivity index (χ1n) is 41.6. The molecule has 0 amide bonds. The Morgan fingerprint density at radius 3 is 0.867 bits per heavy atom. The lowest BCUT2D eigenvalue weighted by Crippen LogP contribution is -2.37. The Bertz CT molecular complexity index is 2030. The molecular weight excluding hydrogens is 1230 g/mol. The van der Waals surface area contributed by atoms with Gasteiger partial charge in [-0.3, -0.25) is 14.2 Å². The van der Waals surface area contributed by atoms with Crippen molar-refractivity contribution in [3.05, 3.63) is 109 Å². The second-order valence-electron chi connectivity index (χ2n) is 29.1. The Morgan fingerprint density at radius 2 is 0.582 bits per heavy atom. The molecule has 0 radical (unpaired) electrons. The summed E-state index contributed by atoms with van der Waals surface area (Å²) in [7, 11) is 1.16. The molecule has 0 bridgehead atoms. The zero-order valence-corrected chi connectivity index (χ0v) is 65.9. The summed E-state index contributed by atoms with van der Waals surface area (Å²) in [5.41, 5.74) is 0. The minimum Gasteiger partial charge on any atom is -0.756 e. The van der Waals surface area contributed by atoms with Gasteiger partial charge in [-0.1, -0.05) is 399 Å². The van der Waals surface area contributed by atoms with Crippen LogP contribution in [-0.2, 0) is 32.7 Å². The van der Waals surface area contributed by atoms with E-state index in [0.717, 1.165) is 103 Å². The van der Waals surface area contributed by atoms with Crippen LogP contribution in [0.15, 0.2) is 109 Å². The number of carbonyl (C=O) groups is 2. The van der Waals surface area contributed by atoms with Crippen LogP contribution in [0.3, 0.4) is 0 Å². The smallest absolute Gasteiger partial charge is 0.306 e.